The predicted octanol–water partition coefficient (Wildman–Crippen LogP) is 1.04. The molecule has 2 heterocycles. The maximum atomic E-state index is 12.1. The Morgan fingerprint density at radius 2 is 2.53 bits per heavy atom. The van der Waals surface area contributed by atoms with Gasteiger partial charge in [-0.2, -0.15) is 0 Å². The summed E-state index contributed by atoms with van der Waals surface area (Å²) in [5.41, 5.74) is 6.53. The van der Waals surface area contributed by atoms with Gasteiger partial charge in [-0.3, -0.25) is 4.79 Å². The van der Waals surface area contributed by atoms with Crippen molar-refractivity contribution in [3.05, 3.63) is 21.9 Å². The number of rotatable bonds is 3. The van der Waals surface area contributed by atoms with Gasteiger partial charge in [-0.15, -0.1) is 11.3 Å². The van der Waals surface area contributed by atoms with E-state index in [-0.39, 0.29) is 11.9 Å². The first-order valence-corrected chi connectivity index (χ1v) is 6.56. The van der Waals surface area contributed by atoms with Crippen molar-refractivity contribution in [2.75, 3.05) is 13.2 Å². The maximum Gasteiger partial charge on any atom is 0.230 e. The van der Waals surface area contributed by atoms with Crippen LogP contribution in [-0.4, -0.2) is 25.2 Å². The highest BCUT2D eigenvalue weighted by atomic mass is 32.1. The van der Waals surface area contributed by atoms with Crippen molar-refractivity contribution in [1.29, 1.82) is 0 Å². The third kappa shape index (κ3) is 2.36. The third-order valence-electron chi connectivity index (χ3n) is 3.41. The van der Waals surface area contributed by atoms with Gasteiger partial charge in [0.25, 0.3) is 0 Å². The van der Waals surface area contributed by atoms with E-state index in [1.807, 2.05) is 19.2 Å². The second kappa shape index (κ2) is 4.76. The second-order valence-corrected chi connectivity index (χ2v) is 5.75. The van der Waals surface area contributed by atoms with E-state index in [0.29, 0.717) is 19.8 Å². The zero-order chi connectivity index (χ0) is 12.5. The topological polar surface area (TPSA) is 64.3 Å². The number of carbonyl (C=O) groups is 1. The van der Waals surface area contributed by atoms with Crippen molar-refractivity contribution >= 4 is 17.2 Å². The molecule has 3 N–H and O–H groups in total. The molecular weight excluding hydrogens is 236 g/mol. The molecule has 4 nitrogen and oxygen atoms in total. The average molecular weight is 254 g/mol. The van der Waals surface area contributed by atoms with Crippen LogP contribution in [0.5, 0.6) is 0 Å². The van der Waals surface area contributed by atoms with Gasteiger partial charge in [0.2, 0.25) is 5.91 Å². The third-order valence-corrected chi connectivity index (χ3v) is 4.44. The SMILES string of the molecule is Cc1ccsc1CNC(=O)C1(C)COCC1N. The van der Waals surface area contributed by atoms with Gasteiger partial charge >= 0.3 is 0 Å². The summed E-state index contributed by atoms with van der Waals surface area (Å²) in [4.78, 5) is 13.3. The standard InChI is InChI=1S/C12H18N2O2S/c1-8-3-4-17-9(8)5-14-11(15)12(2)7-16-6-10(12)13/h3-4,10H,5-7,13H2,1-2H3,(H,14,15). The predicted molar refractivity (Wildman–Crippen MR) is 67.8 cm³/mol. The Hall–Kier alpha value is -0.910. The molecule has 2 unspecified atom stereocenters. The summed E-state index contributed by atoms with van der Waals surface area (Å²) in [5, 5.41) is 4.98. The number of hydrogen-bond acceptors (Lipinski definition) is 4. The van der Waals surface area contributed by atoms with E-state index in [9.17, 15) is 4.79 Å². The first-order valence-electron chi connectivity index (χ1n) is 5.68. The van der Waals surface area contributed by atoms with Crippen LogP contribution >= 0.6 is 11.3 Å². The van der Waals surface area contributed by atoms with Gasteiger partial charge in [-0.1, -0.05) is 0 Å². The lowest BCUT2D eigenvalue weighted by Crippen LogP contribution is -2.49. The molecule has 1 fully saturated rings. The molecule has 94 valence electrons. The van der Waals surface area contributed by atoms with Crippen molar-refractivity contribution in [3.63, 3.8) is 0 Å². The minimum Gasteiger partial charge on any atom is -0.379 e. The van der Waals surface area contributed by atoms with Crippen LogP contribution < -0.4 is 11.1 Å². The molecule has 1 saturated heterocycles. The van der Waals surface area contributed by atoms with E-state index in [1.165, 1.54) is 10.4 Å². The van der Waals surface area contributed by atoms with Gasteiger partial charge in [0.15, 0.2) is 0 Å². The van der Waals surface area contributed by atoms with Crippen LogP contribution in [0.15, 0.2) is 11.4 Å². The van der Waals surface area contributed by atoms with E-state index >= 15 is 0 Å². The van der Waals surface area contributed by atoms with Crippen LogP contribution in [0.2, 0.25) is 0 Å². The summed E-state index contributed by atoms with van der Waals surface area (Å²) in [6.07, 6.45) is 0. The number of thiophene rings is 1. The number of hydrogen-bond donors (Lipinski definition) is 2. The van der Waals surface area contributed by atoms with Gasteiger partial charge in [0, 0.05) is 10.9 Å². The summed E-state index contributed by atoms with van der Waals surface area (Å²) in [6.45, 7) is 5.35. The molecule has 1 aliphatic rings. The van der Waals surface area contributed by atoms with Crippen molar-refractivity contribution in [1.82, 2.24) is 5.32 Å². The zero-order valence-corrected chi connectivity index (χ0v) is 11.0. The Bertz CT molecular complexity index is 418. The molecule has 0 bridgehead atoms. The monoisotopic (exact) mass is 254 g/mol. The molecule has 0 aliphatic carbocycles. The van der Waals surface area contributed by atoms with Gasteiger partial charge in [0.05, 0.1) is 25.2 Å². The summed E-state index contributed by atoms with van der Waals surface area (Å²) in [7, 11) is 0. The summed E-state index contributed by atoms with van der Waals surface area (Å²) >= 11 is 1.66. The van der Waals surface area contributed by atoms with Crippen molar-refractivity contribution < 1.29 is 9.53 Å². The van der Waals surface area contributed by atoms with E-state index in [4.69, 9.17) is 10.5 Å². The first-order chi connectivity index (χ1) is 8.04. The lowest BCUT2D eigenvalue weighted by Gasteiger charge is -2.25. The lowest BCUT2D eigenvalue weighted by atomic mass is 9.85. The quantitative estimate of drug-likeness (QED) is 0.847. The fourth-order valence-corrected chi connectivity index (χ4v) is 2.72. The molecule has 2 rings (SSSR count). The Morgan fingerprint density at radius 1 is 1.76 bits per heavy atom. The van der Waals surface area contributed by atoms with Gasteiger partial charge in [-0.05, 0) is 30.9 Å². The van der Waals surface area contributed by atoms with E-state index in [1.54, 1.807) is 11.3 Å². The number of aryl methyl sites for hydroxylation is 1. The Morgan fingerprint density at radius 3 is 3.06 bits per heavy atom. The van der Waals surface area contributed by atoms with Crippen LogP contribution in [0.1, 0.15) is 17.4 Å². The molecule has 0 radical (unpaired) electrons. The van der Waals surface area contributed by atoms with Crippen LogP contribution in [0.4, 0.5) is 0 Å². The molecule has 1 amide bonds. The number of nitrogens with two attached hydrogens (primary N) is 1. The Kier molecular flexibility index (Phi) is 3.51. The highest BCUT2D eigenvalue weighted by molar-refractivity contribution is 7.10. The largest absolute Gasteiger partial charge is 0.379 e. The normalized spacial score (nSPS) is 28.3. The van der Waals surface area contributed by atoms with E-state index < -0.39 is 5.41 Å². The number of ether oxygens (including phenoxy) is 1. The molecule has 2 atom stereocenters. The molecule has 0 aromatic carbocycles. The fourth-order valence-electron chi connectivity index (χ4n) is 1.87. The second-order valence-electron chi connectivity index (χ2n) is 4.75. The fraction of sp³-hybridized carbons (Fsp3) is 0.583. The van der Waals surface area contributed by atoms with Crippen molar-refractivity contribution in [2.45, 2.75) is 26.4 Å². The number of carbonyl (C=O) groups excluding carboxylic acids is 1. The molecule has 17 heavy (non-hydrogen) atoms. The Labute approximate surface area is 105 Å². The number of amides is 1. The van der Waals surface area contributed by atoms with Gasteiger partial charge < -0.3 is 15.8 Å². The van der Waals surface area contributed by atoms with Gasteiger partial charge in [0.1, 0.15) is 0 Å². The molecule has 1 aromatic heterocycles. The van der Waals surface area contributed by atoms with Crippen molar-refractivity contribution in [2.24, 2.45) is 11.1 Å². The first kappa shape index (κ1) is 12.5. The van der Waals surface area contributed by atoms with Crippen molar-refractivity contribution in [3.8, 4) is 0 Å². The van der Waals surface area contributed by atoms with Gasteiger partial charge in [-0.25, -0.2) is 0 Å². The summed E-state index contributed by atoms with van der Waals surface area (Å²) in [5.74, 6) is -0.0182. The smallest absolute Gasteiger partial charge is 0.230 e. The molecule has 0 saturated carbocycles. The summed E-state index contributed by atoms with van der Waals surface area (Å²) in [6, 6.07) is 1.84. The van der Waals surface area contributed by atoms with Crippen LogP contribution in [0.3, 0.4) is 0 Å². The van der Waals surface area contributed by atoms with Crippen LogP contribution in [-0.2, 0) is 16.1 Å². The van der Waals surface area contributed by atoms with E-state index in [2.05, 4.69) is 11.4 Å². The highest BCUT2D eigenvalue weighted by Crippen LogP contribution is 2.27. The lowest BCUT2D eigenvalue weighted by molar-refractivity contribution is -0.130. The Balaban J connectivity index is 1.96. The molecule has 5 heteroatoms. The minimum atomic E-state index is -0.592. The summed E-state index contributed by atoms with van der Waals surface area (Å²) < 4.78 is 5.27. The molecule has 1 aromatic rings. The maximum absolute atomic E-state index is 12.1. The molecule has 1 aliphatic heterocycles. The van der Waals surface area contributed by atoms with Crippen LogP contribution in [0, 0.1) is 12.3 Å². The average Bonchev–Trinajstić information content (AvgIpc) is 2.84. The highest BCUT2D eigenvalue weighted by Gasteiger charge is 2.44. The zero-order valence-electron chi connectivity index (χ0n) is 10.2. The molecular formula is C12H18N2O2S. The number of nitrogens with one attached hydrogen (secondary N) is 1. The minimum absolute atomic E-state index is 0.0182. The molecule has 0 spiro atoms. The van der Waals surface area contributed by atoms with E-state index in [0.717, 1.165) is 0 Å². The van der Waals surface area contributed by atoms with Crippen LogP contribution in [0.25, 0.3) is 0 Å².